The van der Waals surface area contributed by atoms with Gasteiger partial charge in [0.05, 0.1) is 10.0 Å². The molecule has 0 bridgehead atoms. The second kappa shape index (κ2) is 3.71. The van der Waals surface area contributed by atoms with Crippen molar-refractivity contribution < 1.29 is 9.13 Å². The molecule has 0 saturated heterocycles. The van der Waals surface area contributed by atoms with E-state index >= 15 is 0 Å². The summed E-state index contributed by atoms with van der Waals surface area (Å²) in [7, 11) is 1.51. The zero-order valence-electron chi connectivity index (χ0n) is 5.95. The summed E-state index contributed by atoms with van der Waals surface area (Å²) in [6.45, 7) is 3.88. The molecule has 1 atom stereocenters. The third-order valence-electron chi connectivity index (χ3n) is 1.06. The molecule has 0 aliphatic carbocycles. The summed E-state index contributed by atoms with van der Waals surface area (Å²) in [6.07, 6.45) is -0.872. The minimum Gasteiger partial charge on any atom is -0.382 e. The first-order valence-electron chi connectivity index (χ1n) is 2.80. The Morgan fingerprint density at radius 3 is 2.22 bits per heavy atom. The SMILES string of the molecule is COCC(F)C(C)(C)I. The molecule has 0 rings (SSSR count). The Morgan fingerprint density at radius 2 is 2.11 bits per heavy atom. The molecule has 1 unspecified atom stereocenters. The van der Waals surface area contributed by atoms with E-state index in [-0.39, 0.29) is 10.0 Å². The van der Waals surface area contributed by atoms with Gasteiger partial charge in [-0.1, -0.05) is 22.6 Å². The molecule has 0 aromatic rings. The van der Waals surface area contributed by atoms with Gasteiger partial charge in [0.25, 0.3) is 0 Å². The van der Waals surface area contributed by atoms with E-state index in [0.717, 1.165) is 0 Å². The predicted molar refractivity (Wildman–Crippen MR) is 44.9 cm³/mol. The third kappa shape index (κ3) is 4.08. The van der Waals surface area contributed by atoms with Crippen molar-refractivity contribution >= 4 is 22.6 Å². The largest absolute Gasteiger partial charge is 0.382 e. The first-order chi connectivity index (χ1) is 3.98. The monoisotopic (exact) mass is 246 g/mol. The van der Waals surface area contributed by atoms with Crippen LogP contribution in [0.5, 0.6) is 0 Å². The Labute approximate surface area is 69.1 Å². The van der Waals surface area contributed by atoms with Crippen molar-refractivity contribution in [1.29, 1.82) is 0 Å². The summed E-state index contributed by atoms with van der Waals surface area (Å²) < 4.78 is 17.1. The molecule has 0 heterocycles. The van der Waals surface area contributed by atoms with Crippen molar-refractivity contribution in [2.45, 2.75) is 23.4 Å². The van der Waals surface area contributed by atoms with E-state index in [4.69, 9.17) is 0 Å². The standard InChI is InChI=1S/C6H12FIO/c1-6(2,8)5(7)4-9-3/h5H,4H2,1-3H3. The van der Waals surface area contributed by atoms with Crippen molar-refractivity contribution in [1.82, 2.24) is 0 Å². The molecule has 0 aliphatic rings. The molecule has 0 aromatic carbocycles. The van der Waals surface area contributed by atoms with Gasteiger partial charge in [-0.25, -0.2) is 4.39 Å². The van der Waals surface area contributed by atoms with E-state index in [1.807, 2.05) is 13.8 Å². The number of methoxy groups -OCH3 is 1. The lowest BCUT2D eigenvalue weighted by Crippen LogP contribution is -2.29. The van der Waals surface area contributed by atoms with Crippen LogP contribution < -0.4 is 0 Å². The Hall–Kier alpha value is 0.620. The van der Waals surface area contributed by atoms with Crippen LogP contribution in [0.25, 0.3) is 0 Å². The average molecular weight is 246 g/mol. The molecule has 3 heteroatoms. The molecule has 0 saturated carbocycles. The van der Waals surface area contributed by atoms with Gasteiger partial charge in [-0.15, -0.1) is 0 Å². The van der Waals surface area contributed by atoms with Crippen LogP contribution in [0.2, 0.25) is 0 Å². The van der Waals surface area contributed by atoms with Crippen LogP contribution >= 0.6 is 22.6 Å². The summed E-state index contributed by atoms with van der Waals surface area (Å²) in [5.74, 6) is 0. The molecular formula is C6H12FIO. The smallest absolute Gasteiger partial charge is 0.137 e. The van der Waals surface area contributed by atoms with Crippen LogP contribution in [0.3, 0.4) is 0 Å². The number of hydrogen-bond acceptors (Lipinski definition) is 1. The van der Waals surface area contributed by atoms with Crippen molar-refractivity contribution in [3.8, 4) is 0 Å². The van der Waals surface area contributed by atoms with Crippen LogP contribution in [-0.2, 0) is 4.74 Å². The van der Waals surface area contributed by atoms with E-state index in [1.54, 1.807) is 0 Å². The van der Waals surface area contributed by atoms with E-state index < -0.39 is 6.17 Å². The van der Waals surface area contributed by atoms with Gasteiger partial charge in [0.15, 0.2) is 0 Å². The van der Waals surface area contributed by atoms with Gasteiger partial charge in [-0.2, -0.15) is 0 Å². The molecule has 1 nitrogen and oxygen atoms in total. The van der Waals surface area contributed by atoms with Crippen molar-refractivity contribution in [2.24, 2.45) is 0 Å². The number of ether oxygens (including phenoxy) is 1. The molecule has 0 aromatic heterocycles. The fourth-order valence-corrected chi connectivity index (χ4v) is 0.524. The van der Waals surface area contributed by atoms with Crippen molar-refractivity contribution in [3.05, 3.63) is 0 Å². The Balaban J connectivity index is 3.59. The summed E-state index contributed by atoms with van der Waals surface area (Å²) in [6, 6.07) is 0. The normalized spacial score (nSPS) is 15.7. The Bertz CT molecular complexity index is 79.6. The van der Waals surface area contributed by atoms with Gasteiger partial charge in [0.1, 0.15) is 6.17 Å². The van der Waals surface area contributed by atoms with Crippen molar-refractivity contribution in [2.75, 3.05) is 13.7 Å². The van der Waals surface area contributed by atoms with E-state index in [9.17, 15) is 4.39 Å². The minimum atomic E-state index is -0.872. The van der Waals surface area contributed by atoms with Crippen LogP contribution in [0.4, 0.5) is 4.39 Å². The van der Waals surface area contributed by atoms with Crippen molar-refractivity contribution in [3.63, 3.8) is 0 Å². The Morgan fingerprint density at radius 1 is 1.67 bits per heavy atom. The lowest BCUT2D eigenvalue weighted by Gasteiger charge is -2.20. The fourth-order valence-electron chi connectivity index (χ4n) is 0.344. The quantitative estimate of drug-likeness (QED) is 0.547. The van der Waals surface area contributed by atoms with Gasteiger partial charge in [0.2, 0.25) is 0 Å². The van der Waals surface area contributed by atoms with Gasteiger partial charge in [-0.3, -0.25) is 0 Å². The molecule has 0 radical (unpaired) electrons. The maximum Gasteiger partial charge on any atom is 0.137 e. The maximum absolute atomic E-state index is 12.8. The average Bonchev–Trinajstić information content (AvgIpc) is 1.64. The maximum atomic E-state index is 12.8. The summed E-state index contributed by atoms with van der Waals surface area (Å²) in [5, 5.41) is 0. The van der Waals surface area contributed by atoms with Crippen LogP contribution in [-0.4, -0.2) is 23.3 Å². The van der Waals surface area contributed by atoms with E-state index in [0.29, 0.717) is 0 Å². The lowest BCUT2D eigenvalue weighted by molar-refractivity contribution is 0.111. The molecular weight excluding hydrogens is 234 g/mol. The Kier molecular flexibility index (Phi) is 3.96. The fraction of sp³-hybridized carbons (Fsp3) is 1.00. The number of halogens is 2. The second-order valence-electron chi connectivity index (χ2n) is 2.49. The van der Waals surface area contributed by atoms with Gasteiger partial charge >= 0.3 is 0 Å². The molecule has 0 aliphatic heterocycles. The van der Waals surface area contributed by atoms with Gasteiger partial charge in [0, 0.05) is 7.11 Å². The highest BCUT2D eigenvalue weighted by atomic mass is 127. The van der Waals surface area contributed by atoms with Crippen LogP contribution in [0.1, 0.15) is 13.8 Å². The zero-order chi connectivity index (χ0) is 7.49. The highest BCUT2D eigenvalue weighted by Gasteiger charge is 2.25. The number of alkyl halides is 2. The highest BCUT2D eigenvalue weighted by Crippen LogP contribution is 2.24. The predicted octanol–water partition coefficient (Wildman–Crippen LogP) is 2.18. The first-order valence-corrected chi connectivity index (χ1v) is 3.88. The molecule has 9 heavy (non-hydrogen) atoms. The summed E-state index contributed by atoms with van der Waals surface area (Å²) >= 11 is 2.07. The molecule has 0 spiro atoms. The topological polar surface area (TPSA) is 9.23 Å². The summed E-state index contributed by atoms with van der Waals surface area (Å²) in [4.78, 5) is 0. The van der Waals surface area contributed by atoms with E-state index in [1.165, 1.54) is 7.11 Å². The van der Waals surface area contributed by atoms with Gasteiger partial charge < -0.3 is 4.74 Å². The number of rotatable bonds is 3. The second-order valence-corrected chi connectivity index (χ2v) is 5.27. The van der Waals surface area contributed by atoms with Crippen LogP contribution in [0.15, 0.2) is 0 Å². The first kappa shape index (κ1) is 9.62. The lowest BCUT2D eigenvalue weighted by atomic mass is 10.1. The highest BCUT2D eigenvalue weighted by molar-refractivity contribution is 14.1. The van der Waals surface area contributed by atoms with Crippen LogP contribution in [0, 0.1) is 0 Å². The molecule has 0 amide bonds. The molecule has 0 N–H and O–H groups in total. The number of hydrogen-bond donors (Lipinski definition) is 0. The molecule has 0 fully saturated rings. The zero-order valence-corrected chi connectivity index (χ0v) is 8.11. The third-order valence-corrected chi connectivity index (χ3v) is 1.73. The minimum absolute atomic E-state index is 0.190. The molecule has 56 valence electrons. The van der Waals surface area contributed by atoms with Gasteiger partial charge in [-0.05, 0) is 13.8 Å². The summed E-state index contributed by atoms with van der Waals surface area (Å²) in [5.41, 5.74) is 0. The van der Waals surface area contributed by atoms with E-state index in [2.05, 4.69) is 27.3 Å².